The maximum Gasteiger partial charge on any atom is 0.251 e. The molecule has 0 unspecified atom stereocenters. The molecule has 0 saturated heterocycles. The molecular formula is C19H23N3O2. The molecule has 2 amide bonds. The van der Waals surface area contributed by atoms with Crippen molar-refractivity contribution in [3.8, 4) is 0 Å². The average molecular weight is 325 g/mol. The summed E-state index contributed by atoms with van der Waals surface area (Å²) in [6.45, 7) is 0.469. The van der Waals surface area contributed by atoms with Crippen LogP contribution < -0.4 is 15.5 Å². The van der Waals surface area contributed by atoms with Crippen molar-refractivity contribution < 1.29 is 9.59 Å². The molecule has 2 aromatic carbocycles. The number of carbonyl (C=O) groups is 2. The largest absolute Gasteiger partial charge is 0.376 e. The van der Waals surface area contributed by atoms with Crippen LogP contribution >= 0.6 is 0 Å². The minimum absolute atomic E-state index is 0.0572. The van der Waals surface area contributed by atoms with E-state index < -0.39 is 0 Å². The number of anilines is 2. The van der Waals surface area contributed by atoms with E-state index in [9.17, 15) is 9.59 Å². The molecule has 0 aliphatic rings. The van der Waals surface area contributed by atoms with E-state index in [-0.39, 0.29) is 11.8 Å². The molecule has 0 atom stereocenters. The Kier molecular flexibility index (Phi) is 6.37. The second-order valence-corrected chi connectivity index (χ2v) is 5.69. The van der Waals surface area contributed by atoms with Gasteiger partial charge in [-0.1, -0.05) is 30.3 Å². The van der Waals surface area contributed by atoms with Crippen LogP contribution in [0.3, 0.4) is 0 Å². The quantitative estimate of drug-likeness (QED) is 0.770. The van der Waals surface area contributed by atoms with E-state index in [2.05, 4.69) is 10.6 Å². The first-order valence-electron chi connectivity index (χ1n) is 7.97. The number of benzene rings is 2. The fourth-order valence-electron chi connectivity index (χ4n) is 2.32. The molecule has 0 spiro atoms. The van der Waals surface area contributed by atoms with E-state index in [1.165, 1.54) is 0 Å². The third kappa shape index (κ3) is 5.12. The van der Waals surface area contributed by atoms with Gasteiger partial charge in [0.05, 0.1) is 11.4 Å². The van der Waals surface area contributed by atoms with Crippen molar-refractivity contribution in [1.82, 2.24) is 5.32 Å². The van der Waals surface area contributed by atoms with Gasteiger partial charge in [-0.25, -0.2) is 0 Å². The maximum absolute atomic E-state index is 12.1. The van der Waals surface area contributed by atoms with Crippen molar-refractivity contribution in [3.63, 3.8) is 0 Å². The zero-order valence-corrected chi connectivity index (χ0v) is 14.1. The molecule has 24 heavy (non-hydrogen) atoms. The van der Waals surface area contributed by atoms with Gasteiger partial charge in [-0.15, -0.1) is 0 Å². The van der Waals surface area contributed by atoms with E-state index in [4.69, 9.17) is 0 Å². The van der Waals surface area contributed by atoms with Gasteiger partial charge in [-0.3, -0.25) is 9.59 Å². The topological polar surface area (TPSA) is 61.4 Å². The van der Waals surface area contributed by atoms with Crippen molar-refractivity contribution in [2.24, 2.45) is 0 Å². The van der Waals surface area contributed by atoms with E-state index in [1.807, 2.05) is 61.5 Å². The van der Waals surface area contributed by atoms with Gasteiger partial charge in [-0.05, 0) is 30.7 Å². The Bertz CT molecular complexity index is 684. The van der Waals surface area contributed by atoms with Crippen LogP contribution in [0.5, 0.6) is 0 Å². The van der Waals surface area contributed by atoms with Gasteiger partial charge in [0.15, 0.2) is 0 Å². The molecule has 126 valence electrons. The molecule has 5 nitrogen and oxygen atoms in total. The lowest BCUT2D eigenvalue weighted by atomic mass is 10.2. The van der Waals surface area contributed by atoms with Crippen LogP contribution in [0.15, 0.2) is 54.6 Å². The van der Waals surface area contributed by atoms with Gasteiger partial charge >= 0.3 is 0 Å². The van der Waals surface area contributed by atoms with Gasteiger partial charge in [0.25, 0.3) is 5.91 Å². The molecule has 5 heteroatoms. The molecule has 2 rings (SSSR count). The minimum atomic E-state index is -0.117. The Labute approximate surface area is 142 Å². The first kappa shape index (κ1) is 17.5. The van der Waals surface area contributed by atoms with Gasteiger partial charge in [0.1, 0.15) is 0 Å². The number of para-hydroxylation sites is 2. The van der Waals surface area contributed by atoms with E-state index in [0.717, 1.165) is 11.4 Å². The summed E-state index contributed by atoms with van der Waals surface area (Å²) in [5.41, 5.74) is 2.38. The van der Waals surface area contributed by atoms with Crippen LogP contribution in [-0.2, 0) is 4.79 Å². The highest BCUT2D eigenvalue weighted by atomic mass is 16.2. The van der Waals surface area contributed by atoms with Gasteiger partial charge in [0.2, 0.25) is 5.91 Å². The smallest absolute Gasteiger partial charge is 0.251 e. The lowest BCUT2D eigenvalue weighted by Crippen LogP contribution is -2.25. The molecule has 2 N–H and O–H groups in total. The highest BCUT2D eigenvalue weighted by molar-refractivity contribution is 5.95. The normalized spacial score (nSPS) is 10.1. The summed E-state index contributed by atoms with van der Waals surface area (Å²) < 4.78 is 0. The van der Waals surface area contributed by atoms with E-state index in [1.54, 1.807) is 12.1 Å². The van der Waals surface area contributed by atoms with Crippen LogP contribution in [0.25, 0.3) is 0 Å². The van der Waals surface area contributed by atoms with Crippen molar-refractivity contribution in [3.05, 3.63) is 60.2 Å². The Morgan fingerprint density at radius 3 is 2.33 bits per heavy atom. The Morgan fingerprint density at radius 1 is 0.958 bits per heavy atom. The summed E-state index contributed by atoms with van der Waals surface area (Å²) in [6.07, 6.45) is 0.950. The van der Waals surface area contributed by atoms with Crippen LogP contribution in [0.1, 0.15) is 23.2 Å². The fourth-order valence-corrected chi connectivity index (χ4v) is 2.32. The number of hydrogen-bond acceptors (Lipinski definition) is 3. The van der Waals surface area contributed by atoms with E-state index >= 15 is 0 Å². The zero-order chi connectivity index (χ0) is 17.4. The highest BCUT2D eigenvalue weighted by Gasteiger charge is 2.08. The molecule has 0 aliphatic carbocycles. The zero-order valence-electron chi connectivity index (χ0n) is 14.1. The summed E-state index contributed by atoms with van der Waals surface area (Å²) in [7, 11) is 3.87. The number of carbonyl (C=O) groups excluding carboxylic acids is 2. The third-order valence-electron chi connectivity index (χ3n) is 3.56. The lowest BCUT2D eigenvalue weighted by Gasteiger charge is -2.17. The molecule has 0 saturated carbocycles. The molecule has 2 aromatic rings. The molecule has 0 aromatic heterocycles. The van der Waals surface area contributed by atoms with Crippen molar-refractivity contribution in [2.45, 2.75) is 12.8 Å². The predicted octanol–water partition coefficient (Wildman–Crippen LogP) is 2.90. The maximum atomic E-state index is 12.1. The molecule has 0 bridgehead atoms. The van der Waals surface area contributed by atoms with Crippen LogP contribution in [0.4, 0.5) is 11.4 Å². The lowest BCUT2D eigenvalue weighted by molar-refractivity contribution is -0.116. The second-order valence-electron chi connectivity index (χ2n) is 5.69. The summed E-state index contributed by atoms with van der Waals surface area (Å²) >= 11 is 0. The summed E-state index contributed by atoms with van der Waals surface area (Å²) in [5.74, 6) is -0.174. The van der Waals surface area contributed by atoms with Crippen LogP contribution in [0, 0.1) is 0 Å². The predicted molar refractivity (Wildman–Crippen MR) is 97.4 cm³/mol. The Morgan fingerprint density at radius 2 is 1.62 bits per heavy atom. The fraction of sp³-hybridized carbons (Fsp3) is 0.263. The average Bonchev–Trinajstić information content (AvgIpc) is 2.59. The van der Waals surface area contributed by atoms with Crippen LogP contribution in [0.2, 0.25) is 0 Å². The SMILES string of the molecule is CN(C)c1ccccc1NC(=O)CCCNC(=O)c1ccccc1. The van der Waals surface area contributed by atoms with Crippen molar-refractivity contribution >= 4 is 23.2 Å². The Hall–Kier alpha value is -2.82. The summed E-state index contributed by atoms with van der Waals surface area (Å²) in [5, 5.41) is 5.74. The summed E-state index contributed by atoms with van der Waals surface area (Å²) in [4.78, 5) is 25.9. The summed E-state index contributed by atoms with van der Waals surface area (Å²) in [6, 6.07) is 16.7. The van der Waals surface area contributed by atoms with Gasteiger partial charge < -0.3 is 15.5 Å². The first-order chi connectivity index (χ1) is 11.6. The van der Waals surface area contributed by atoms with Crippen LogP contribution in [-0.4, -0.2) is 32.5 Å². The molecule has 0 radical (unpaired) electrons. The molecule has 0 aliphatic heterocycles. The van der Waals surface area contributed by atoms with Crippen molar-refractivity contribution in [1.29, 1.82) is 0 Å². The second kappa shape index (κ2) is 8.72. The number of rotatable bonds is 7. The van der Waals surface area contributed by atoms with Crippen molar-refractivity contribution in [2.75, 3.05) is 30.9 Å². The number of amides is 2. The highest BCUT2D eigenvalue weighted by Crippen LogP contribution is 2.23. The van der Waals surface area contributed by atoms with Gasteiger partial charge in [-0.2, -0.15) is 0 Å². The minimum Gasteiger partial charge on any atom is -0.376 e. The molecular weight excluding hydrogens is 302 g/mol. The number of nitrogens with one attached hydrogen (secondary N) is 2. The number of hydrogen-bond donors (Lipinski definition) is 2. The van der Waals surface area contributed by atoms with Gasteiger partial charge in [0, 0.05) is 32.6 Å². The monoisotopic (exact) mass is 325 g/mol. The molecule has 0 fully saturated rings. The Balaban J connectivity index is 1.75. The molecule has 0 heterocycles. The first-order valence-corrected chi connectivity index (χ1v) is 7.97. The number of nitrogens with zero attached hydrogens (tertiary/aromatic N) is 1. The van der Waals surface area contributed by atoms with E-state index in [0.29, 0.717) is 24.9 Å². The standard InChI is InChI=1S/C19H23N3O2/c1-22(2)17-12-7-6-11-16(17)21-18(23)13-8-14-20-19(24)15-9-4-3-5-10-15/h3-7,9-12H,8,13-14H2,1-2H3,(H,20,24)(H,21,23). The third-order valence-corrected chi connectivity index (χ3v) is 3.56.